The van der Waals surface area contributed by atoms with Crippen LogP contribution in [0.2, 0.25) is 0 Å². The van der Waals surface area contributed by atoms with E-state index < -0.39 is 0 Å². The molecule has 5 nitrogen and oxygen atoms in total. The molecule has 0 amide bonds. The Hall–Kier alpha value is -3.73. The second-order valence-corrected chi connectivity index (χ2v) is 7.88. The number of benzene rings is 2. The minimum absolute atomic E-state index is 0.0671. The molecule has 0 aliphatic carbocycles. The lowest BCUT2D eigenvalue weighted by Crippen LogP contribution is -2.21. The Kier molecular flexibility index (Phi) is 4.86. The highest BCUT2D eigenvalue weighted by atomic mass is 16.5. The number of aliphatic imine (C=N–C) groups is 1. The van der Waals surface area contributed by atoms with Gasteiger partial charge in [-0.25, -0.2) is 9.67 Å². The third kappa shape index (κ3) is 3.52. The van der Waals surface area contributed by atoms with Gasteiger partial charge in [0.15, 0.2) is 5.82 Å². The van der Waals surface area contributed by atoms with Crippen LogP contribution in [0.25, 0.3) is 11.1 Å². The molecular weight excluding hydrogens is 384 g/mol. The van der Waals surface area contributed by atoms with Crippen molar-refractivity contribution < 1.29 is 4.74 Å². The van der Waals surface area contributed by atoms with Crippen molar-refractivity contribution in [1.29, 1.82) is 0 Å². The van der Waals surface area contributed by atoms with E-state index in [2.05, 4.69) is 72.0 Å². The van der Waals surface area contributed by atoms with Crippen molar-refractivity contribution in [3.8, 4) is 16.9 Å². The summed E-state index contributed by atoms with van der Waals surface area (Å²) in [6, 6.07) is 20.9. The highest BCUT2D eigenvalue weighted by Crippen LogP contribution is 2.41. The number of hydrogen-bond acceptors (Lipinski definition) is 4. The Morgan fingerprint density at radius 1 is 0.871 bits per heavy atom. The van der Waals surface area contributed by atoms with E-state index >= 15 is 0 Å². The molecule has 1 atom stereocenters. The summed E-state index contributed by atoms with van der Waals surface area (Å²) in [5.41, 5.74) is 7.76. The maximum Gasteiger partial charge on any atom is 0.159 e. The van der Waals surface area contributed by atoms with Crippen LogP contribution in [-0.4, -0.2) is 27.6 Å². The third-order valence-corrected chi connectivity index (χ3v) is 5.84. The van der Waals surface area contributed by atoms with E-state index in [4.69, 9.17) is 14.8 Å². The molecule has 31 heavy (non-hydrogen) atoms. The van der Waals surface area contributed by atoms with E-state index in [-0.39, 0.29) is 6.04 Å². The molecule has 0 radical (unpaired) electrons. The molecule has 0 saturated carbocycles. The normalized spacial score (nSPS) is 15.3. The lowest BCUT2D eigenvalue weighted by atomic mass is 9.95. The molecule has 4 aromatic rings. The number of aryl methyl sites for hydroxylation is 2. The minimum atomic E-state index is 0.0671. The molecule has 154 valence electrons. The van der Waals surface area contributed by atoms with Crippen LogP contribution >= 0.6 is 0 Å². The lowest BCUT2D eigenvalue weighted by Gasteiger charge is -2.25. The van der Waals surface area contributed by atoms with Gasteiger partial charge in [0.05, 0.1) is 24.6 Å². The lowest BCUT2D eigenvalue weighted by molar-refractivity contribution is 0.415. The van der Waals surface area contributed by atoms with Crippen LogP contribution in [-0.2, 0) is 0 Å². The second kappa shape index (κ2) is 7.84. The number of methoxy groups -OCH3 is 1. The molecular formula is C26H24N4O. The first-order chi connectivity index (χ1) is 15.1. The molecule has 0 fully saturated rings. The molecule has 2 aromatic heterocycles. The fourth-order valence-electron chi connectivity index (χ4n) is 4.17. The number of hydrogen-bond donors (Lipinski definition) is 0. The molecule has 1 aliphatic heterocycles. The Balaban J connectivity index is 1.69. The minimum Gasteiger partial charge on any atom is -0.497 e. The summed E-state index contributed by atoms with van der Waals surface area (Å²) in [6.45, 7) is 4.15. The van der Waals surface area contributed by atoms with Crippen LogP contribution in [0.3, 0.4) is 0 Å². The van der Waals surface area contributed by atoms with Gasteiger partial charge in [0.2, 0.25) is 0 Å². The van der Waals surface area contributed by atoms with Crippen molar-refractivity contribution in [2.24, 2.45) is 4.99 Å². The molecule has 5 rings (SSSR count). The van der Waals surface area contributed by atoms with Gasteiger partial charge in [-0.3, -0.25) is 4.98 Å². The smallest absolute Gasteiger partial charge is 0.159 e. The molecule has 5 heteroatoms. The monoisotopic (exact) mass is 408 g/mol. The number of ether oxygens (including phenoxy) is 1. The largest absolute Gasteiger partial charge is 0.497 e. The molecule has 0 spiro atoms. The number of rotatable bonds is 4. The molecule has 3 heterocycles. The van der Waals surface area contributed by atoms with Gasteiger partial charge in [0.25, 0.3) is 0 Å². The molecule has 1 aliphatic rings. The summed E-state index contributed by atoms with van der Waals surface area (Å²) in [7, 11) is 1.68. The number of pyridine rings is 1. The van der Waals surface area contributed by atoms with Crippen molar-refractivity contribution >= 4 is 11.5 Å². The highest BCUT2D eigenvalue weighted by Gasteiger charge is 2.29. The summed E-state index contributed by atoms with van der Waals surface area (Å²) in [5, 5.41) is 4.93. The summed E-state index contributed by atoms with van der Waals surface area (Å²) in [5.74, 6) is 1.73. The SMILES string of the molecule is COc1ccc(-c2c(C)nn3c2N=C(c2ccc(C)cc2)CC3c2ccncc2)cc1. The van der Waals surface area contributed by atoms with E-state index in [1.54, 1.807) is 7.11 Å². The summed E-state index contributed by atoms with van der Waals surface area (Å²) in [6.07, 6.45) is 4.46. The summed E-state index contributed by atoms with van der Waals surface area (Å²) < 4.78 is 7.41. The predicted octanol–water partition coefficient (Wildman–Crippen LogP) is 5.68. The van der Waals surface area contributed by atoms with E-state index in [1.165, 1.54) is 11.1 Å². The molecule has 1 unspecified atom stereocenters. The fraction of sp³-hybridized carbons (Fsp3) is 0.192. The van der Waals surface area contributed by atoms with Crippen LogP contribution in [0.4, 0.5) is 5.82 Å². The third-order valence-electron chi connectivity index (χ3n) is 5.84. The number of nitrogens with zero attached hydrogens (tertiary/aromatic N) is 4. The molecule has 0 saturated heterocycles. The van der Waals surface area contributed by atoms with Gasteiger partial charge in [-0.15, -0.1) is 0 Å². The Morgan fingerprint density at radius 2 is 1.55 bits per heavy atom. The van der Waals surface area contributed by atoms with Gasteiger partial charge in [-0.2, -0.15) is 5.10 Å². The van der Waals surface area contributed by atoms with E-state index in [0.717, 1.165) is 46.1 Å². The number of aromatic nitrogens is 3. The van der Waals surface area contributed by atoms with Crippen molar-refractivity contribution in [3.05, 3.63) is 95.4 Å². The standard InChI is InChI=1S/C26H24N4O/c1-17-4-6-19(7-5-17)23-16-24(20-12-14-27-15-13-20)30-26(28-23)25(18(2)29-30)21-8-10-22(31-3)11-9-21/h4-15,24H,16H2,1-3H3. The Bertz CT molecular complexity index is 1240. The quantitative estimate of drug-likeness (QED) is 0.436. The topological polar surface area (TPSA) is 52.3 Å². The Labute approximate surface area is 182 Å². The maximum absolute atomic E-state index is 5.33. The number of fused-ring (bicyclic) bond motifs is 1. The van der Waals surface area contributed by atoms with Gasteiger partial charge < -0.3 is 4.74 Å². The molecule has 0 N–H and O–H groups in total. The molecule has 0 bridgehead atoms. The zero-order valence-corrected chi connectivity index (χ0v) is 17.9. The predicted molar refractivity (Wildman–Crippen MR) is 123 cm³/mol. The average molecular weight is 409 g/mol. The summed E-state index contributed by atoms with van der Waals surface area (Å²) in [4.78, 5) is 9.33. The van der Waals surface area contributed by atoms with Crippen molar-refractivity contribution in [2.45, 2.75) is 26.3 Å². The van der Waals surface area contributed by atoms with E-state index in [1.807, 2.05) is 24.5 Å². The van der Waals surface area contributed by atoms with Crippen molar-refractivity contribution in [1.82, 2.24) is 14.8 Å². The van der Waals surface area contributed by atoms with Crippen molar-refractivity contribution in [2.75, 3.05) is 7.11 Å². The Morgan fingerprint density at radius 3 is 2.23 bits per heavy atom. The van der Waals surface area contributed by atoms with Crippen LogP contribution in [0, 0.1) is 13.8 Å². The first-order valence-electron chi connectivity index (χ1n) is 10.4. The van der Waals surface area contributed by atoms with E-state index in [9.17, 15) is 0 Å². The zero-order chi connectivity index (χ0) is 21.4. The van der Waals surface area contributed by atoms with Crippen LogP contribution in [0.15, 0.2) is 78.0 Å². The van der Waals surface area contributed by atoms with Crippen LogP contribution < -0.4 is 4.74 Å². The molecule has 2 aromatic carbocycles. The maximum atomic E-state index is 5.33. The van der Waals surface area contributed by atoms with Crippen molar-refractivity contribution in [3.63, 3.8) is 0 Å². The highest BCUT2D eigenvalue weighted by molar-refractivity contribution is 6.04. The fourth-order valence-corrected chi connectivity index (χ4v) is 4.17. The van der Waals surface area contributed by atoms with Crippen LogP contribution in [0.5, 0.6) is 5.75 Å². The van der Waals surface area contributed by atoms with Gasteiger partial charge in [-0.1, -0.05) is 42.0 Å². The first-order valence-corrected chi connectivity index (χ1v) is 10.4. The van der Waals surface area contributed by atoms with Gasteiger partial charge in [0, 0.05) is 24.4 Å². The summed E-state index contributed by atoms with van der Waals surface area (Å²) >= 11 is 0. The average Bonchev–Trinajstić information content (AvgIpc) is 3.15. The zero-order valence-electron chi connectivity index (χ0n) is 17.9. The second-order valence-electron chi connectivity index (χ2n) is 7.88. The van der Waals surface area contributed by atoms with Gasteiger partial charge in [0.1, 0.15) is 5.75 Å². The first kappa shape index (κ1) is 19.2. The van der Waals surface area contributed by atoms with Gasteiger partial charge in [-0.05, 0) is 54.8 Å². The van der Waals surface area contributed by atoms with Gasteiger partial charge >= 0.3 is 0 Å². The van der Waals surface area contributed by atoms with E-state index in [0.29, 0.717) is 0 Å². The van der Waals surface area contributed by atoms with Crippen LogP contribution in [0.1, 0.15) is 34.8 Å².